The molecule has 0 bridgehead atoms. The molecule has 78 valence electrons. The molecular weight excluding hydrogens is 176 g/mol. The third-order valence-electron chi connectivity index (χ3n) is 3.11. The summed E-state index contributed by atoms with van der Waals surface area (Å²) in [5, 5.41) is 0. The molecular formula is C11H18N2O. The van der Waals surface area contributed by atoms with Gasteiger partial charge in [-0.25, -0.2) is 0 Å². The van der Waals surface area contributed by atoms with Crippen LogP contribution in [-0.4, -0.2) is 41.9 Å². The molecule has 0 N–H and O–H groups in total. The minimum atomic E-state index is 0.188. The highest BCUT2D eigenvalue weighted by Crippen LogP contribution is 2.19. The van der Waals surface area contributed by atoms with Crippen molar-refractivity contribution in [1.82, 2.24) is 9.80 Å². The smallest absolute Gasteiger partial charge is 0.220 e. The Kier molecular flexibility index (Phi) is 2.75. The van der Waals surface area contributed by atoms with E-state index in [1.54, 1.807) is 6.92 Å². The fourth-order valence-electron chi connectivity index (χ4n) is 2.19. The van der Waals surface area contributed by atoms with Gasteiger partial charge in [-0.1, -0.05) is 0 Å². The normalized spacial score (nSPS) is 22.5. The average Bonchev–Trinajstić information content (AvgIpc) is 2.68. The van der Waals surface area contributed by atoms with Crippen molar-refractivity contribution in [2.24, 2.45) is 0 Å². The maximum Gasteiger partial charge on any atom is 0.220 e. The lowest BCUT2D eigenvalue weighted by atomic mass is 10.1. The van der Waals surface area contributed by atoms with Gasteiger partial charge in [0, 0.05) is 32.3 Å². The van der Waals surface area contributed by atoms with E-state index in [0.717, 1.165) is 13.1 Å². The predicted molar refractivity (Wildman–Crippen MR) is 55.8 cm³/mol. The molecule has 2 aliphatic heterocycles. The van der Waals surface area contributed by atoms with Crippen LogP contribution in [0.15, 0.2) is 11.8 Å². The highest BCUT2D eigenvalue weighted by molar-refractivity contribution is 5.74. The summed E-state index contributed by atoms with van der Waals surface area (Å²) in [7, 11) is 0. The number of likely N-dealkylation sites (tertiary alicyclic amines) is 1. The van der Waals surface area contributed by atoms with E-state index < -0.39 is 0 Å². The summed E-state index contributed by atoms with van der Waals surface area (Å²) in [6, 6.07) is 0. The third kappa shape index (κ3) is 1.91. The molecule has 1 saturated heterocycles. The molecule has 0 radical (unpaired) electrons. The van der Waals surface area contributed by atoms with Crippen LogP contribution in [0.2, 0.25) is 0 Å². The second kappa shape index (κ2) is 4.03. The van der Waals surface area contributed by atoms with Gasteiger partial charge >= 0.3 is 0 Å². The molecule has 0 atom stereocenters. The molecule has 0 aliphatic carbocycles. The summed E-state index contributed by atoms with van der Waals surface area (Å²) in [6.07, 6.45) is 6.17. The minimum Gasteiger partial charge on any atom is -0.374 e. The topological polar surface area (TPSA) is 23.6 Å². The van der Waals surface area contributed by atoms with E-state index in [4.69, 9.17) is 0 Å². The Morgan fingerprint density at radius 2 is 2.00 bits per heavy atom. The monoisotopic (exact) mass is 194 g/mol. The number of rotatable bonds is 1. The van der Waals surface area contributed by atoms with Gasteiger partial charge in [-0.2, -0.15) is 0 Å². The van der Waals surface area contributed by atoms with Crippen LogP contribution in [0.1, 0.15) is 26.2 Å². The van der Waals surface area contributed by atoms with Crippen molar-refractivity contribution < 1.29 is 4.79 Å². The molecule has 0 aromatic carbocycles. The van der Waals surface area contributed by atoms with Gasteiger partial charge in [-0.05, 0) is 25.3 Å². The van der Waals surface area contributed by atoms with Crippen molar-refractivity contribution in [1.29, 1.82) is 0 Å². The molecule has 0 aromatic heterocycles. The Balaban J connectivity index is 1.90. The number of carbonyl (C=O) groups excluding carboxylic acids is 1. The standard InChI is InChI=1S/C11H18N2O/c1-10(14)13-8-5-11(9-13)12-6-3-2-4-7-12/h5H,2-4,6-9H2,1H3. The van der Waals surface area contributed by atoms with Crippen LogP contribution in [-0.2, 0) is 4.79 Å². The molecule has 1 fully saturated rings. The fraction of sp³-hybridized carbons (Fsp3) is 0.727. The summed E-state index contributed by atoms with van der Waals surface area (Å²) in [5.74, 6) is 0.188. The Bertz CT molecular complexity index is 254. The number of hydrogen-bond acceptors (Lipinski definition) is 2. The van der Waals surface area contributed by atoms with Gasteiger partial charge in [0.25, 0.3) is 0 Å². The summed E-state index contributed by atoms with van der Waals surface area (Å²) >= 11 is 0. The van der Waals surface area contributed by atoms with E-state index in [1.165, 1.54) is 38.0 Å². The van der Waals surface area contributed by atoms with Gasteiger partial charge in [-0.15, -0.1) is 0 Å². The first kappa shape index (κ1) is 9.56. The Hall–Kier alpha value is -0.990. The highest BCUT2D eigenvalue weighted by atomic mass is 16.2. The summed E-state index contributed by atoms with van der Waals surface area (Å²) in [6.45, 7) is 5.64. The quantitative estimate of drug-likeness (QED) is 0.626. The van der Waals surface area contributed by atoms with Crippen LogP contribution >= 0.6 is 0 Å². The first-order chi connectivity index (χ1) is 6.77. The molecule has 0 spiro atoms. The van der Waals surface area contributed by atoms with Crippen LogP contribution in [0.4, 0.5) is 0 Å². The summed E-state index contributed by atoms with van der Waals surface area (Å²) in [4.78, 5) is 15.5. The molecule has 1 amide bonds. The van der Waals surface area contributed by atoms with Gasteiger partial charge in [0.1, 0.15) is 0 Å². The molecule has 0 saturated carbocycles. The fourth-order valence-corrected chi connectivity index (χ4v) is 2.19. The van der Waals surface area contributed by atoms with Gasteiger partial charge in [0.15, 0.2) is 0 Å². The molecule has 0 aromatic rings. The average molecular weight is 194 g/mol. The number of nitrogens with zero attached hydrogens (tertiary/aromatic N) is 2. The lowest BCUT2D eigenvalue weighted by Crippen LogP contribution is -2.33. The van der Waals surface area contributed by atoms with E-state index in [-0.39, 0.29) is 5.91 Å². The molecule has 2 aliphatic rings. The first-order valence-corrected chi connectivity index (χ1v) is 5.47. The SMILES string of the molecule is CC(=O)N1CC=C(N2CCCCC2)C1. The van der Waals surface area contributed by atoms with Crippen molar-refractivity contribution in [3.8, 4) is 0 Å². The third-order valence-corrected chi connectivity index (χ3v) is 3.11. The van der Waals surface area contributed by atoms with Crippen molar-refractivity contribution in [3.63, 3.8) is 0 Å². The van der Waals surface area contributed by atoms with Gasteiger partial charge in [0.05, 0.1) is 6.54 Å². The summed E-state index contributed by atoms with van der Waals surface area (Å²) < 4.78 is 0. The van der Waals surface area contributed by atoms with Crippen molar-refractivity contribution in [2.45, 2.75) is 26.2 Å². The number of hydrogen-bond donors (Lipinski definition) is 0. The lowest BCUT2D eigenvalue weighted by molar-refractivity contribution is -0.127. The second-order valence-corrected chi connectivity index (χ2v) is 4.14. The molecule has 14 heavy (non-hydrogen) atoms. The zero-order chi connectivity index (χ0) is 9.97. The number of piperidine rings is 1. The van der Waals surface area contributed by atoms with E-state index in [0.29, 0.717) is 0 Å². The van der Waals surface area contributed by atoms with Gasteiger partial charge in [0.2, 0.25) is 5.91 Å². The van der Waals surface area contributed by atoms with Crippen molar-refractivity contribution in [2.75, 3.05) is 26.2 Å². The Labute approximate surface area is 85.4 Å². The Morgan fingerprint density at radius 3 is 2.57 bits per heavy atom. The zero-order valence-electron chi connectivity index (χ0n) is 8.83. The van der Waals surface area contributed by atoms with Crippen LogP contribution in [0, 0.1) is 0 Å². The molecule has 0 unspecified atom stereocenters. The largest absolute Gasteiger partial charge is 0.374 e. The van der Waals surface area contributed by atoms with Gasteiger partial charge in [-0.3, -0.25) is 4.79 Å². The predicted octanol–water partition coefficient (Wildman–Crippen LogP) is 1.22. The van der Waals surface area contributed by atoms with Crippen LogP contribution in [0.5, 0.6) is 0 Å². The molecule has 2 heterocycles. The number of amides is 1. The molecule has 3 heteroatoms. The minimum absolute atomic E-state index is 0.188. The lowest BCUT2D eigenvalue weighted by Gasteiger charge is -2.30. The van der Waals surface area contributed by atoms with Crippen LogP contribution in [0.25, 0.3) is 0 Å². The molecule has 2 rings (SSSR count). The van der Waals surface area contributed by atoms with Crippen molar-refractivity contribution in [3.05, 3.63) is 11.8 Å². The van der Waals surface area contributed by atoms with E-state index in [9.17, 15) is 4.79 Å². The molecule has 3 nitrogen and oxygen atoms in total. The summed E-state index contributed by atoms with van der Waals surface area (Å²) in [5.41, 5.74) is 1.36. The number of carbonyl (C=O) groups is 1. The van der Waals surface area contributed by atoms with E-state index in [1.807, 2.05) is 4.90 Å². The maximum atomic E-state index is 11.1. The second-order valence-electron chi connectivity index (χ2n) is 4.14. The highest BCUT2D eigenvalue weighted by Gasteiger charge is 2.21. The van der Waals surface area contributed by atoms with Gasteiger partial charge < -0.3 is 9.80 Å². The van der Waals surface area contributed by atoms with Crippen LogP contribution < -0.4 is 0 Å². The van der Waals surface area contributed by atoms with E-state index in [2.05, 4.69) is 11.0 Å². The first-order valence-electron chi connectivity index (χ1n) is 5.47. The maximum absolute atomic E-state index is 11.1. The zero-order valence-corrected chi connectivity index (χ0v) is 8.83. The Morgan fingerprint density at radius 1 is 1.29 bits per heavy atom. The van der Waals surface area contributed by atoms with Crippen LogP contribution in [0.3, 0.4) is 0 Å². The van der Waals surface area contributed by atoms with Crippen molar-refractivity contribution >= 4 is 5.91 Å². The van der Waals surface area contributed by atoms with E-state index >= 15 is 0 Å².